The van der Waals surface area contributed by atoms with Crippen LogP contribution in [0.5, 0.6) is 0 Å². The van der Waals surface area contributed by atoms with Gasteiger partial charge < -0.3 is 5.73 Å². The quantitative estimate of drug-likeness (QED) is 0.754. The topological polar surface area (TPSA) is 51.8 Å². The van der Waals surface area contributed by atoms with E-state index in [1.165, 1.54) is 0 Å². The van der Waals surface area contributed by atoms with Crippen LogP contribution in [0, 0.1) is 6.92 Å². The van der Waals surface area contributed by atoms with Gasteiger partial charge in [-0.3, -0.25) is 0 Å². The van der Waals surface area contributed by atoms with Crippen LogP contribution in [-0.4, -0.2) is 9.97 Å². The average molecular weight is 222 g/mol. The molecule has 1 aromatic heterocycles. The van der Waals surface area contributed by atoms with Gasteiger partial charge in [-0.1, -0.05) is 17.7 Å². The second-order valence-corrected chi connectivity index (χ2v) is 4.04. The normalized spacial score (nSPS) is 13.1. The van der Waals surface area contributed by atoms with Crippen LogP contribution in [-0.2, 0) is 0 Å². The molecule has 0 spiro atoms. The second kappa shape index (κ2) is 3.76. The molecule has 3 nitrogen and oxygen atoms in total. The van der Waals surface area contributed by atoms with Crippen LogP contribution in [0.25, 0.3) is 10.9 Å². The molecule has 0 amide bonds. The summed E-state index contributed by atoms with van der Waals surface area (Å²) in [5.74, 6) is 0.582. The van der Waals surface area contributed by atoms with Gasteiger partial charge in [0, 0.05) is 5.39 Å². The van der Waals surface area contributed by atoms with Gasteiger partial charge in [0.15, 0.2) is 0 Å². The first-order chi connectivity index (χ1) is 7.08. The number of nitrogens with two attached hydrogens (primary N) is 1. The Hall–Kier alpha value is -1.19. The van der Waals surface area contributed by atoms with Gasteiger partial charge in [-0.05, 0) is 31.5 Å². The van der Waals surface area contributed by atoms with Gasteiger partial charge in [-0.2, -0.15) is 0 Å². The molecule has 2 rings (SSSR count). The fourth-order valence-electron chi connectivity index (χ4n) is 1.42. The van der Waals surface area contributed by atoms with Gasteiger partial charge in [-0.25, -0.2) is 9.97 Å². The summed E-state index contributed by atoms with van der Waals surface area (Å²) in [6.45, 7) is 3.86. The molecule has 0 saturated heterocycles. The Kier molecular flexibility index (Phi) is 2.59. The summed E-state index contributed by atoms with van der Waals surface area (Å²) in [4.78, 5) is 8.54. The molecule has 2 aromatic rings. The molecule has 15 heavy (non-hydrogen) atoms. The highest BCUT2D eigenvalue weighted by Gasteiger charge is 2.08. The highest BCUT2D eigenvalue weighted by atomic mass is 35.5. The van der Waals surface area contributed by atoms with Crippen molar-refractivity contribution in [2.75, 3.05) is 0 Å². The van der Waals surface area contributed by atoms with Crippen LogP contribution in [0.2, 0.25) is 5.15 Å². The first-order valence-corrected chi connectivity index (χ1v) is 5.15. The van der Waals surface area contributed by atoms with Gasteiger partial charge in [0.2, 0.25) is 0 Å². The molecule has 0 saturated carbocycles. The van der Waals surface area contributed by atoms with Crippen molar-refractivity contribution in [2.45, 2.75) is 19.9 Å². The summed E-state index contributed by atoms with van der Waals surface area (Å²) < 4.78 is 0. The van der Waals surface area contributed by atoms with Crippen LogP contribution >= 0.6 is 11.6 Å². The largest absolute Gasteiger partial charge is 0.322 e. The zero-order valence-electron chi connectivity index (χ0n) is 8.66. The highest BCUT2D eigenvalue weighted by Crippen LogP contribution is 2.22. The van der Waals surface area contributed by atoms with E-state index in [1.54, 1.807) is 0 Å². The lowest BCUT2D eigenvalue weighted by molar-refractivity contribution is 0.746. The second-order valence-electron chi connectivity index (χ2n) is 3.68. The van der Waals surface area contributed by atoms with Gasteiger partial charge in [0.05, 0.1) is 11.6 Å². The van der Waals surface area contributed by atoms with E-state index < -0.39 is 0 Å². The van der Waals surface area contributed by atoms with E-state index in [9.17, 15) is 0 Å². The number of nitrogens with zero attached hydrogens (tertiary/aromatic N) is 2. The van der Waals surface area contributed by atoms with Crippen LogP contribution in [0.4, 0.5) is 0 Å². The third kappa shape index (κ3) is 1.94. The van der Waals surface area contributed by atoms with Crippen molar-refractivity contribution in [3.8, 4) is 0 Å². The number of fused-ring (bicyclic) bond motifs is 1. The maximum atomic E-state index is 6.05. The van der Waals surface area contributed by atoms with Crippen molar-refractivity contribution < 1.29 is 0 Å². The van der Waals surface area contributed by atoms with E-state index in [4.69, 9.17) is 17.3 Å². The molecule has 4 heteroatoms. The first-order valence-electron chi connectivity index (χ1n) is 4.77. The Morgan fingerprint density at radius 3 is 2.73 bits per heavy atom. The minimum Gasteiger partial charge on any atom is -0.322 e. The van der Waals surface area contributed by atoms with E-state index in [2.05, 4.69) is 9.97 Å². The lowest BCUT2D eigenvalue weighted by Gasteiger charge is -2.07. The first kappa shape index (κ1) is 10.3. The number of rotatable bonds is 1. The summed E-state index contributed by atoms with van der Waals surface area (Å²) in [5.41, 5.74) is 7.72. The molecule has 78 valence electrons. The summed E-state index contributed by atoms with van der Waals surface area (Å²) in [6, 6.07) is 5.70. The number of hydrogen-bond donors (Lipinski definition) is 1. The minimum absolute atomic E-state index is 0.201. The van der Waals surface area contributed by atoms with Crippen LogP contribution in [0.15, 0.2) is 18.2 Å². The van der Waals surface area contributed by atoms with Crippen LogP contribution in [0.3, 0.4) is 0 Å². The SMILES string of the molecule is Cc1ccc2c(Cl)nc(C(C)N)nc2c1. The molecule has 1 heterocycles. The molecule has 1 unspecified atom stereocenters. The van der Waals surface area contributed by atoms with E-state index in [1.807, 2.05) is 32.0 Å². The fourth-order valence-corrected chi connectivity index (χ4v) is 1.67. The van der Waals surface area contributed by atoms with Crippen molar-refractivity contribution in [3.63, 3.8) is 0 Å². The molecule has 0 bridgehead atoms. The predicted molar refractivity (Wildman–Crippen MR) is 61.9 cm³/mol. The van der Waals surface area contributed by atoms with Crippen LogP contribution < -0.4 is 5.73 Å². The third-order valence-corrected chi connectivity index (χ3v) is 2.52. The molecular formula is C11H12ClN3. The number of halogens is 1. The Balaban J connectivity index is 2.74. The molecule has 1 aromatic carbocycles. The third-order valence-electron chi connectivity index (χ3n) is 2.23. The van der Waals surface area contributed by atoms with Crippen molar-refractivity contribution in [1.82, 2.24) is 9.97 Å². The molecule has 0 aliphatic heterocycles. The molecular weight excluding hydrogens is 210 g/mol. The van der Waals surface area contributed by atoms with Gasteiger partial charge >= 0.3 is 0 Å². The Morgan fingerprint density at radius 1 is 1.33 bits per heavy atom. The van der Waals surface area contributed by atoms with E-state index >= 15 is 0 Å². The average Bonchev–Trinajstić information content (AvgIpc) is 2.16. The molecule has 0 radical (unpaired) electrons. The Morgan fingerprint density at radius 2 is 2.07 bits per heavy atom. The maximum Gasteiger partial charge on any atom is 0.147 e. The van der Waals surface area contributed by atoms with E-state index in [0.29, 0.717) is 11.0 Å². The summed E-state index contributed by atoms with van der Waals surface area (Å²) in [6.07, 6.45) is 0. The predicted octanol–water partition coefficient (Wildman–Crippen LogP) is 2.61. The lowest BCUT2D eigenvalue weighted by Crippen LogP contribution is -2.10. The molecule has 0 fully saturated rings. The van der Waals surface area contributed by atoms with Gasteiger partial charge in [0.1, 0.15) is 11.0 Å². The zero-order chi connectivity index (χ0) is 11.0. The number of aromatic nitrogens is 2. The van der Waals surface area contributed by atoms with Crippen molar-refractivity contribution >= 4 is 22.5 Å². The van der Waals surface area contributed by atoms with E-state index in [0.717, 1.165) is 16.5 Å². The minimum atomic E-state index is -0.201. The van der Waals surface area contributed by atoms with Crippen molar-refractivity contribution in [2.24, 2.45) is 5.73 Å². The highest BCUT2D eigenvalue weighted by molar-refractivity contribution is 6.34. The standard InChI is InChI=1S/C11H12ClN3/c1-6-3-4-8-9(5-6)14-11(7(2)13)15-10(8)12/h3-5,7H,13H2,1-2H3. The molecule has 0 aliphatic carbocycles. The van der Waals surface area contributed by atoms with Crippen molar-refractivity contribution in [1.29, 1.82) is 0 Å². The van der Waals surface area contributed by atoms with Crippen molar-refractivity contribution in [3.05, 3.63) is 34.7 Å². The monoisotopic (exact) mass is 221 g/mol. The number of aryl methyl sites for hydroxylation is 1. The summed E-state index contributed by atoms with van der Waals surface area (Å²) in [5, 5.41) is 1.33. The maximum absolute atomic E-state index is 6.05. The zero-order valence-corrected chi connectivity index (χ0v) is 9.42. The Bertz CT molecular complexity index is 508. The fraction of sp³-hybridized carbons (Fsp3) is 0.273. The van der Waals surface area contributed by atoms with Gasteiger partial charge in [0.25, 0.3) is 0 Å². The lowest BCUT2D eigenvalue weighted by atomic mass is 10.2. The molecule has 1 atom stereocenters. The molecule has 0 aliphatic rings. The number of benzene rings is 1. The molecule has 2 N–H and O–H groups in total. The van der Waals surface area contributed by atoms with Gasteiger partial charge in [-0.15, -0.1) is 0 Å². The number of hydrogen-bond acceptors (Lipinski definition) is 3. The van der Waals surface area contributed by atoms with E-state index in [-0.39, 0.29) is 6.04 Å². The summed E-state index contributed by atoms with van der Waals surface area (Å²) >= 11 is 6.05. The Labute approximate surface area is 93.3 Å². The van der Waals surface area contributed by atoms with Crippen LogP contribution in [0.1, 0.15) is 24.4 Å². The smallest absolute Gasteiger partial charge is 0.147 e. The summed E-state index contributed by atoms with van der Waals surface area (Å²) in [7, 11) is 0.